The van der Waals surface area contributed by atoms with E-state index in [0.717, 1.165) is 24.3 Å². The molecule has 0 saturated carbocycles. The highest BCUT2D eigenvalue weighted by molar-refractivity contribution is 5.98. The van der Waals surface area contributed by atoms with Crippen molar-refractivity contribution in [3.63, 3.8) is 0 Å². The maximum absolute atomic E-state index is 14.5. The van der Waals surface area contributed by atoms with Crippen LogP contribution in [0, 0.1) is 0 Å². The molecule has 0 aromatic heterocycles. The van der Waals surface area contributed by atoms with Crippen molar-refractivity contribution in [1.82, 2.24) is 0 Å². The average molecular weight is 532 g/mol. The number of fused-ring (bicyclic) bond motifs is 1. The fraction of sp³-hybridized carbons (Fsp3) is 0.190. The minimum absolute atomic E-state index is 0.229. The molecule has 3 aromatic rings. The SMILES string of the molecule is O=C(Oc1c(C(F)(F)C(F)(F)F)c(C(F)(F)C(F)(F)F)cc2ccccc12)c1cc(O)c(O)c(O)c1. The molecule has 36 heavy (non-hydrogen) atoms. The summed E-state index contributed by atoms with van der Waals surface area (Å²) >= 11 is 0. The Morgan fingerprint density at radius 1 is 0.722 bits per heavy atom. The van der Waals surface area contributed by atoms with E-state index >= 15 is 0 Å². The van der Waals surface area contributed by atoms with E-state index in [0.29, 0.717) is 12.1 Å². The lowest BCUT2D eigenvalue weighted by atomic mass is 9.90. The third kappa shape index (κ3) is 4.28. The Kier molecular flexibility index (Phi) is 6.18. The highest BCUT2D eigenvalue weighted by Crippen LogP contribution is 2.56. The first-order valence-electron chi connectivity index (χ1n) is 9.23. The van der Waals surface area contributed by atoms with Gasteiger partial charge in [0.1, 0.15) is 5.75 Å². The van der Waals surface area contributed by atoms with Gasteiger partial charge < -0.3 is 20.1 Å². The predicted octanol–water partition coefficient (Wildman–Crippen LogP) is 6.48. The second-order valence-corrected chi connectivity index (χ2v) is 7.25. The van der Waals surface area contributed by atoms with Crippen molar-refractivity contribution in [2.24, 2.45) is 0 Å². The van der Waals surface area contributed by atoms with Gasteiger partial charge in [-0.25, -0.2) is 4.79 Å². The highest BCUT2D eigenvalue weighted by Gasteiger charge is 2.67. The van der Waals surface area contributed by atoms with Gasteiger partial charge in [0.2, 0.25) is 0 Å². The van der Waals surface area contributed by atoms with Gasteiger partial charge in [0, 0.05) is 10.9 Å². The molecule has 0 atom stereocenters. The van der Waals surface area contributed by atoms with Crippen molar-refractivity contribution in [2.45, 2.75) is 24.2 Å². The molecule has 0 saturated heterocycles. The molecule has 0 spiro atoms. The molecule has 0 aliphatic heterocycles. The van der Waals surface area contributed by atoms with Gasteiger partial charge in [0.05, 0.1) is 11.1 Å². The quantitative estimate of drug-likeness (QED) is 0.155. The number of benzene rings is 3. The first-order valence-corrected chi connectivity index (χ1v) is 9.23. The minimum atomic E-state index is -6.72. The Hall–Kier alpha value is -3.91. The third-order valence-electron chi connectivity index (χ3n) is 4.87. The van der Waals surface area contributed by atoms with Crippen LogP contribution in [0.3, 0.4) is 0 Å². The topological polar surface area (TPSA) is 87.0 Å². The van der Waals surface area contributed by atoms with Crippen LogP contribution in [0.2, 0.25) is 0 Å². The minimum Gasteiger partial charge on any atom is -0.504 e. The van der Waals surface area contributed by atoms with E-state index in [1.54, 1.807) is 0 Å². The van der Waals surface area contributed by atoms with Crippen LogP contribution in [0.1, 0.15) is 21.5 Å². The fourth-order valence-electron chi connectivity index (χ4n) is 3.15. The van der Waals surface area contributed by atoms with E-state index in [1.165, 1.54) is 0 Å². The molecule has 3 N–H and O–H groups in total. The van der Waals surface area contributed by atoms with Crippen molar-refractivity contribution in [1.29, 1.82) is 0 Å². The molecule has 3 rings (SSSR count). The van der Waals surface area contributed by atoms with Gasteiger partial charge in [-0.2, -0.15) is 43.9 Å². The Morgan fingerprint density at radius 2 is 1.22 bits per heavy atom. The molecule has 0 aliphatic rings. The smallest absolute Gasteiger partial charge is 0.458 e. The molecule has 15 heteroatoms. The van der Waals surface area contributed by atoms with E-state index in [9.17, 15) is 64.0 Å². The molecular weight excluding hydrogens is 522 g/mol. The third-order valence-corrected chi connectivity index (χ3v) is 4.87. The zero-order chi connectivity index (χ0) is 27.4. The van der Waals surface area contributed by atoms with E-state index in [2.05, 4.69) is 4.74 Å². The average Bonchev–Trinajstić information content (AvgIpc) is 2.74. The number of hydrogen-bond donors (Lipinski definition) is 3. The van der Waals surface area contributed by atoms with Crippen molar-refractivity contribution in [3.8, 4) is 23.0 Å². The maximum atomic E-state index is 14.5. The van der Waals surface area contributed by atoms with Crippen LogP contribution >= 0.6 is 0 Å². The zero-order valence-corrected chi connectivity index (χ0v) is 17.0. The Morgan fingerprint density at radius 3 is 1.72 bits per heavy atom. The summed E-state index contributed by atoms with van der Waals surface area (Å²) in [6, 6.07) is 4.00. The summed E-state index contributed by atoms with van der Waals surface area (Å²) in [4.78, 5) is 12.5. The summed E-state index contributed by atoms with van der Waals surface area (Å²) in [6.45, 7) is 0. The van der Waals surface area contributed by atoms with Gasteiger partial charge in [-0.15, -0.1) is 0 Å². The number of rotatable bonds is 4. The van der Waals surface area contributed by atoms with Crippen LogP contribution in [-0.4, -0.2) is 33.6 Å². The van der Waals surface area contributed by atoms with E-state index in [-0.39, 0.29) is 6.07 Å². The summed E-state index contributed by atoms with van der Waals surface area (Å²) in [7, 11) is 0. The van der Waals surface area contributed by atoms with E-state index < -0.39 is 80.6 Å². The number of esters is 1. The number of carbonyl (C=O) groups excluding carboxylic acids is 1. The van der Waals surface area contributed by atoms with Crippen LogP contribution in [0.25, 0.3) is 10.8 Å². The molecule has 0 unspecified atom stereocenters. The van der Waals surface area contributed by atoms with Crippen molar-refractivity contribution in [3.05, 3.63) is 59.2 Å². The van der Waals surface area contributed by atoms with Crippen LogP contribution in [0.5, 0.6) is 23.0 Å². The summed E-state index contributed by atoms with van der Waals surface area (Å²) < 4.78 is 141. The summed E-state index contributed by atoms with van der Waals surface area (Å²) in [5.74, 6) is -20.2. The zero-order valence-electron chi connectivity index (χ0n) is 17.0. The maximum Gasteiger partial charge on any atom is 0.458 e. The van der Waals surface area contributed by atoms with Gasteiger partial charge >= 0.3 is 30.2 Å². The molecule has 0 heterocycles. The lowest BCUT2D eigenvalue weighted by molar-refractivity contribution is -0.301. The Labute approximate surface area is 192 Å². The van der Waals surface area contributed by atoms with Crippen molar-refractivity contribution < 1.29 is 68.8 Å². The van der Waals surface area contributed by atoms with Crippen LogP contribution in [0.15, 0.2) is 42.5 Å². The summed E-state index contributed by atoms with van der Waals surface area (Å²) in [5.41, 5.74) is -6.80. The number of phenols is 3. The van der Waals surface area contributed by atoms with Gasteiger partial charge in [0.25, 0.3) is 0 Å². The van der Waals surface area contributed by atoms with Crippen molar-refractivity contribution in [2.75, 3.05) is 0 Å². The predicted molar refractivity (Wildman–Crippen MR) is 100 cm³/mol. The number of carbonyl (C=O) groups is 1. The summed E-state index contributed by atoms with van der Waals surface area (Å²) in [5, 5.41) is 26.7. The van der Waals surface area contributed by atoms with E-state index in [1.807, 2.05) is 0 Å². The van der Waals surface area contributed by atoms with Crippen LogP contribution in [0.4, 0.5) is 43.9 Å². The molecule has 0 fully saturated rings. The monoisotopic (exact) mass is 532 g/mol. The molecule has 194 valence electrons. The van der Waals surface area contributed by atoms with Crippen LogP contribution in [-0.2, 0) is 11.8 Å². The normalized spacial score (nSPS) is 13.2. The molecule has 0 bridgehead atoms. The first kappa shape index (κ1) is 26.7. The molecule has 0 aliphatic carbocycles. The molecular formula is C21H10F10O5. The molecule has 3 aromatic carbocycles. The van der Waals surface area contributed by atoms with Crippen LogP contribution < -0.4 is 4.74 Å². The number of aromatic hydroxyl groups is 3. The van der Waals surface area contributed by atoms with Gasteiger partial charge in [-0.05, 0) is 23.6 Å². The highest BCUT2D eigenvalue weighted by atomic mass is 19.4. The second kappa shape index (κ2) is 8.34. The number of ether oxygens (including phenoxy) is 1. The van der Waals surface area contributed by atoms with E-state index in [4.69, 9.17) is 0 Å². The Bertz CT molecular complexity index is 1320. The number of hydrogen-bond acceptors (Lipinski definition) is 5. The second-order valence-electron chi connectivity index (χ2n) is 7.25. The molecule has 0 amide bonds. The van der Waals surface area contributed by atoms with Crippen molar-refractivity contribution >= 4 is 16.7 Å². The van der Waals surface area contributed by atoms with Gasteiger partial charge in [0.15, 0.2) is 17.2 Å². The lowest BCUT2D eigenvalue weighted by Crippen LogP contribution is -2.40. The number of halogens is 10. The molecule has 0 radical (unpaired) electrons. The fourth-order valence-corrected chi connectivity index (χ4v) is 3.15. The summed E-state index contributed by atoms with van der Waals surface area (Å²) in [6.07, 6.45) is -13.4. The van der Waals surface area contributed by atoms with Gasteiger partial charge in [-0.3, -0.25) is 0 Å². The lowest BCUT2D eigenvalue weighted by Gasteiger charge is -2.29. The molecule has 5 nitrogen and oxygen atoms in total. The first-order chi connectivity index (χ1) is 16.3. The number of alkyl halides is 10. The van der Waals surface area contributed by atoms with Gasteiger partial charge in [-0.1, -0.05) is 24.3 Å². The Balaban J connectivity index is 2.43. The number of phenolic OH excluding ortho intramolecular Hbond substituents is 3. The largest absolute Gasteiger partial charge is 0.504 e. The standard InChI is InChI=1S/C21H10F10O5/c22-18(23,20(26,27)28)11-5-8-3-1-2-4-10(8)16(14(11)19(24,25)21(29,30)31)36-17(35)9-6-12(32)15(34)13(33)7-9/h1-7,32-34H.